The number of thiocarbonyl (C=S) groups is 1. The van der Waals surface area contributed by atoms with Gasteiger partial charge in [-0.15, -0.1) is 0 Å². The number of likely N-dealkylation sites (N-methyl/N-ethyl adjacent to an activating group) is 1. The van der Waals surface area contributed by atoms with Gasteiger partial charge >= 0.3 is 0 Å². The zero-order valence-electron chi connectivity index (χ0n) is 13.0. The van der Waals surface area contributed by atoms with E-state index in [9.17, 15) is 4.79 Å². The van der Waals surface area contributed by atoms with E-state index in [1.165, 1.54) is 8.47 Å². The first-order valence-electron chi connectivity index (χ1n) is 7.31. The van der Waals surface area contributed by atoms with Gasteiger partial charge in [0.05, 0.1) is 0 Å². The summed E-state index contributed by atoms with van der Waals surface area (Å²) in [7, 11) is 1.65. The van der Waals surface area contributed by atoms with Gasteiger partial charge in [-0.25, -0.2) is 0 Å². The van der Waals surface area contributed by atoms with Crippen molar-refractivity contribution in [2.24, 2.45) is 0 Å². The Morgan fingerprint density at radius 1 is 1.17 bits per heavy atom. The molecule has 0 radical (unpaired) electrons. The summed E-state index contributed by atoms with van der Waals surface area (Å²) in [6.07, 6.45) is 1.78. The largest absolute Gasteiger partial charge is 0.489 e. The average molecular weight is 450 g/mol. The number of rotatable bonds is 4. The summed E-state index contributed by atoms with van der Waals surface area (Å²) in [6, 6.07) is 15.8. The van der Waals surface area contributed by atoms with E-state index in [0.717, 1.165) is 16.9 Å². The van der Waals surface area contributed by atoms with Crippen molar-refractivity contribution in [1.29, 1.82) is 0 Å². The van der Waals surface area contributed by atoms with Crippen molar-refractivity contribution in [1.82, 2.24) is 10.2 Å². The van der Waals surface area contributed by atoms with E-state index in [-0.39, 0.29) is 5.91 Å². The van der Waals surface area contributed by atoms with E-state index in [1.54, 1.807) is 13.1 Å². The van der Waals surface area contributed by atoms with E-state index in [1.807, 2.05) is 24.3 Å². The lowest BCUT2D eigenvalue weighted by Gasteiger charge is -2.07. The second kappa shape index (κ2) is 7.31. The Bertz CT molecular complexity index is 801. The molecule has 2 aromatic rings. The Balaban J connectivity index is 1.64. The van der Waals surface area contributed by atoms with Crippen LogP contribution in [0.4, 0.5) is 0 Å². The molecule has 0 aliphatic carbocycles. The summed E-state index contributed by atoms with van der Waals surface area (Å²) in [6.45, 7) is 0.524. The van der Waals surface area contributed by atoms with Gasteiger partial charge in [-0.2, -0.15) is 0 Å². The Labute approximate surface area is 159 Å². The van der Waals surface area contributed by atoms with Crippen molar-refractivity contribution >= 4 is 51.9 Å². The molecule has 2 aromatic carbocycles. The highest BCUT2D eigenvalue weighted by molar-refractivity contribution is 14.1. The number of halogens is 1. The normalized spacial score (nSPS) is 15.8. The number of hydrogen-bond donors (Lipinski definition) is 1. The number of nitrogens with zero attached hydrogens (tertiary/aromatic N) is 1. The van der Waals surface area contributed by atoms with Gasteiger partial charge in [-0.3, -0.25) is 9.69 Å². The minimum atomic E-state index is -0.126. The molecule has 0 unspecified atom stereocenters. The number of ether oxygens (including phenoxy) is 1. The molecule has 0 atom stereocenters. The molecule has 0 spiro atoms. The summed E-state index contributed by atoms with van der Waals surface area (Å²) >= 11 is 7.33. The van der Waals surface area contributed by atoms with Crippen LogP contribution < -0.4 is 10.1 Å². The van der Waals surface area contributed by atoms with Crippen molar-refractivity contribution in [3.63, 3.8) is 0 Å². The van der Waals surface area contributed by atoms with Crippen LogP contribution >= 0.6 is 34.8 Å². The van der Waals surface area contributed by atoms with Gasteiger partial charge in [0, 0.05) is 10.6 Å². The molecule has 3 rings (SSSR count). The SMILES string of the molecule is CN1C(=O)/C(=C\c2ccc(OCc3ccc(I)cc3)cc2)NC1=S. The monoisotopic (exact) mass is 450 g/mol. The lowest BCUT2D eigenvalue weighted by Crippen LogP contribution is -2.25. The summed E-state index contributed by atoms with van der Waals surface area (Å²) in [5.41, 5.74) is 2.51. The third kappa shape index (κ3) is 3.93. The van der Waals surface area contributed by atoms with Crippen molar-refractivity contribution in [2.75, 3.05) is 7.05 Å². The van der Waals surface area contributed by atoms with Gasteiger partial charge in [0.1, 0.15) is 18.1 Å². The maximum Gasteiger partial charge on any atom is 0.276 e. The molecule has 0 aromatic heterocycles. The molecule has 0 bridgehead atoms. The highest BCUT2D eigenvalue weighted by Gasteiger charge is 2.26. The first kappa shape index (κ1) is 16.9. The first-order valence-corrected chi connectivity index (χ1v) is 8.80. The van der Waals surface area contributed by atoms with E-state index in [0.29, 0.717) is 17.4 Å². The molecule has 4 nitrogen and oxygen atoms in total. The summed E-state index contributed by atoms with van der Waals surface area (Å²) < 4.78 is 6.98. The van der Waals surface area contributed by atoms with Gasteiger partial charge in [-0.1, -0.05) is 24.3 Å². The zero-order valence-corrected chi connectivity index (χ0v) is 15.9. The molecule has 1 heterocycles. The zero-order chi connectivity index (χ0) is 17.1. The smallest absolute Gasteiger partial charge is 0.276 e. The molecule has 6 heteroatoms. The third-order valence-corrected chi connectivity index (χ3v) is 4.69. The Morgan fingerprint density at radius 2 is 1.83 bits per heavy atom. The molecule has 1 N–H and O–H groups in total. The van der Waals surface area contributed by atoms with E-state index < -0.39 is 0 Å². The van der Waals surface area contributed by atoms with Crippen LogP contribution in [0.3, 0.4) is 0 Å². The second-order valence-corrected chi connectivity index (χ2v) is 6.97. The maximum atomic E-state index is 12.0. The van der Waals surface area contributed by atoms with Gasteiger partial charge < -0.3 is 10.1 Å². The van der Waals surface area contributed by atoms with Crippen LogP contribution in [-0.2, 0) is 11.4 Å². The first-order chi connectivity index (χ1) is 11.5. The van der Waals surface area contributed by atoms with Crippen LogP contribution in [0.5, 0.6) is 5.75 Å². The molecule has 1 fully saturated rings. The molecular formula is C18H15IN2O2S. The van der Waals surface area contributed by atoms with Gasteiger partial charge in [0.2, 0.25) is 0 Å². The van der Waals surface area contributed by atoms with Gasteiger partial charge in [0.25, 0.3) is 5.91 Å². The van der Waals surface area contributed by atoms with Crippen molar-refractivity contribution in [3.8, 4) is 5.75 Å². The molecule has 1 aliphatic rings. The quantitative estimate of drug-likeness (QED) is 0.440. The van der Waals surface area contributed by atoms with Crippen molar-refractivity contribution in [3.05, 3.63) is 68.9 Å². The Morgan fingerprint density at radius 3 is 2.42 bits per heavy atom. The lowest BCUT2D eigenvalue weighted by molar-refractivity contribution is -0.121. The number of benzene rings is 2. The Kier molecular flexibility index (Phi) is 5.15. The predicted molar refractivity (Wildman–Crippen MR) is 106 cm³/mol. The van der Waals surface area contributed by atoms with Crippen molar-refractivity contribution < 1.29 is 9.53 Å². The van der Waals surface area contributed by atoms with Crippen LogP contribution in [0.15, 0.2) is 54.2 Å². The highest BCUT2D eigenvalue weighted by atomic mass is 127. The summed E-state index contributed by atoms with van der Waals surface area (Å²) in [5, 5.41) is 3.32. The fourth-order valence-corrected chi connectivity index (χ4v) is 2.75. The number of carbonyl (C=O) groups excluding carboxylic acids is 1. The van der Waals surface area contributed by atoms with Gasteiger partial charge in [-0.05, 0) is 76.3 Å². The van der Waals surface area contributed by atoms with E-state index >= 15 is 0 Å². The fourth-order valence-electron chi connectivity index (χ4n) is 2.20. The molecule has 0 saturated carbocycles. The van der Waals surface area contributed by atoms with E-state index in [2.05, 4.69) is 52.2 Å². The second-order valence-electron chi connectivity index (χ2n) is 5.34. The minimum absolute atomic E-state index is 0.126. The number of hydrogen-bond acceptors (Lipinski definition) is 3. The van der Waals surface area contributed by atoms with Crippen LogP contribution in [-0.4, -0.2) is 23.0 Å². The number of nitrogens with one attached hydrogen (secondary N) is 1. The highest BCUT2D eigenvalue weighted by Crippen LogP contribution is 2.18. The molecule has 122 valence electrons. The topological polar surface area (TPSA) is 41.6 Å². The molecule has 1 saturated heterocycles. The van der Waals surface area contributed by atoms with Gasteiger partial charge in [0.15, 0.2) is 5.11 Å². The average Bonchev–Trinajstić information content (AvgIpc) is 2.83. The number of amides is 1. The third-order valence-electron chi connectivity index (χ3n) is 3.59. The molecular weight excluding hydrogens is 435 g/mol. The number of carbonyl (C=O) groups is 1. The van der Waals surface area contributed by atoms with E-state index in [4.69, 9.17) is 17.0 Å². The fraction of sp³-hybridized carbons (Fsp3) is 0.111. The van der Waals surface area contributed by atoms with Crippen molar-refractivity contribution in [2.45, 2.75) is 6.61 Å². The summed E-state index contributed by atoms with van der Waals surface area (Å²) in [4.78, 5) is 13.4. The lowest BCUT2D eigenvalue weighted by atomic mass is 10.2. The molecule has 1 aliphatic heterocycles. The standard InChI is InChI=1S/C18H15IN2O2S/c1-21-17(22)16(20-18(21)24)10-12-4-8-15(9-5-12)23-11-13-2-6-14(19)7-3-13/h2-10H,11H2,1H3,(H,20,24)/b16-10+. The van der Waals surface area contributed by atoms with Crippen LogP contribution in [0.2, 0.25) is 0 Å². The maximum absolute atomic E-state index is 12.0. The minimum Gasteiger partial charge on any atom is -0.489 e. The Hall–Kier alpha value is -1.93. The molecule has 1 amide bonds. The molecule has 24 heavy (non-hydrogen) atoms. The van der Waals surface area contributed by atoms with Crippen LogP contribution in [0.1, 0.15) is 11.1 Å². The summed E-state index contributed by atoms with van der Waals surface area (Å²) in [5.74, 6) is 0.660. The predicted octanol–water partition coefficient (Wildman–Crippen LogP) is 3.56. The van der Waals surface area contributed by atoms with Crippen LogP contribution in [0.25, 0.3) is 6.08 Å². The van der Waals surface area contributed by atoms with Crippen LogP contribution in [0, 0.1) is 3.57 Å².